The fourth-order valence-electron chi connectivity index (χ4n) is 1.28. The zero-order valence-electron chi connectivity index (χ0n) is 9.78. The zero-order chi connectivity index (χ0) is 11.5. The predicted octanol–water partition coefficient (Wildman–Crippen LogP) is 1.37. The van der Waals surface area contributed by atoms with Gasteiger partial charge in [-0.25, -0.2) is 10.9 Å². The van der Waals surface area contributed by atoms with Crippen LogP contribution in [-0.2, 0) is 16.8 Å². The highest BCUT2D eigenvalue weighted by molar-refractivity contribution is 7.11. The van der Waals surface area contributed by atoms with Crippen molar-refractivity contribution >= 4 is 11.3 Å². The molecule has 1 aromatic rings. The first-order valence-corrected chi connectivity index (χ1v) is 5.69. The lowest BCUT2D eigenvalue weighted by atomic mass is 9.96. The molecule has 0 saturated heterocycles. The normalized spacial score (nSPS) is 12.4. The summed E-state index contributed by atoms with van der Waals surface area (Å²) in [5.41, 5.74) is -0.107. The van der Waals surface area contributed by atoms with E-state index in [2.05, 4.69) is 23.7 Å². The molecule has 4 nitrogen and oxygen atoms in total. The lowest BCUT2D eigenvalue weighted by Gasteiger charge is -2.19. The van der Waals surface area contributed by atoms with Crippen LogP contribution in [0.2, 0.25) is 0 Å². The van der Waals surface area contributed by atoms with Gasteiger partial charge in [-0.1, -0.05) is 13.8 Å². The summed E-state index contributed by atoms with van der Waals surface area (Å²) in [6.07, 6.45) is 1.93. The van der Waals surface area contributed by atoms with E-state index in [1.54, 1.807) is 11.3 Å². The predicted molar refractivity (Wildman–Crippen MR) is 62.7 cm³/mol. The van der Waals surface area contributed by atoms with E-state index in [4.69, 9.17) is 10.7 Å². The van der Waals surface area contributed by atoms with Gasteiger partial charge in [0.1, 0.15) is 5.01 Å². The molecule has 0 atom stereocenters. The maximum Gasteiger partial charge on any atom is 0.101 e. The summed E-state index contributed by atoms with van der Waals surface area (Å²) >= 11 is 1.72. The molecule has 1 aromatic heterocycles. The van der Waals surface area contributed by atoms with Crippen molar-refractivity contribution in [2.45, 2.75) is 25.8 Å². The van der Waals surface area contributed by atoms with Gasteiger partial charge in [-0.15, -0.1) is 11.3 Å². The standard InChI is InChI=1S/C10H19N3OS/c1-10(2,7-14-11)9-12-5-8(15-9)6-13(3)4/h5H,6-7,11H2,1-4H3. The molecule has 15 heavy (non-hydrogen) atoms. The topological polar surface area (TPSA) is 51.4 Å². The van der Waals surface area contributed by atoms with Crippen molar-refractivity contribution in [1.82, 2.24) is 9.88 Å². The van der Waals surface area contributed by atoms with Crippen LogP contribution in [0.5, 0.6) is 0 Å². The quantitative estimate of drug-likeness (QED) is 0.775. The van der Waals surface area contributed by atoms with E-state index in [0.717, 1.165) is 11.6 Å². The van der Waals surface area contributed by atoms with Crippen molar-refractivity contribution in [2.75, 3.05) is 20.7 Å². The van der Waals surface area contributed by atoms with Crippen molar-refractivity contribution in [3.63, 3.8) is 0 Å². The summed E-state index contributed by atoms with van der Waals surface area (Å²) in [6.45, 7) is 5.58. The lowest BCUT2D eigenvalue weighted by Crippen LogP contribution is -2.25. The number of hydrogen-bond donors (Lipinski definition) is 1. The molecule has 1 heterocycles. The van der Waals surface area contributed by atoms with Crippen molar-refractivity contribution in [3.8, 4) is 0 Å². The molecule has 0 spiro atoms. The van der Waals surface area contributed by atoms with Gasteiger partial charge in [-0.2, -0.15) is 0 Å². The number of rotatable bonds is 5. The first kappa shape index (κ1) is 12.6. The molecule has 5 heteroatoms. The molecule has 0 fully saturated rings. The van der Waals surface area contributed by atoms with Gasteiger partial charge in [0, 0.05) is 23.0 Å². The Labute approximate surface area is 95.0 Å². The van der Waals surface area contributed by atoms with Gasteiger partial charge in [-0.05, 0) is 14.1 Å². The second kappa shape index (κ2) is 5.03. The lowest BCUT2D eigenvalue weighted by molar-refractivity contribution is 0.0963. The largest absolute Gasteiger partial charge is 0.304 e. The third kappa shape index (κ3) is 3.53. The second-order valence-electron chi connectivity index (χ2n) is 4.56. The minimum absolute atomic E-state index is 0.107. The molecular formula is C10H19N3OS. The Bertz CT molecular complexity index is 309. The van der Waals surface area contributed by atoms with Crippen LogP contribution in [0.3, 0.4) is 0 Å². The van der Waals surface area contributed by atoms with Gasteiger partial charge >= 0.3 is 0 Å². The van der Waals surface area contributed by atoms with E-state index >= 15 is 0 Å². The Kier molecular flexibility index (Phi) is 4.21. The fourth-order valence-corrected chi connectivity index (χ4v) is 2.39. The van der Waals surface area contributed by atoms with Crippen molar-refractivity contribution < 1.29 is 4.84 Å². The maximum absolute atomic E-state index is 5.11. The number of aromatic nitrogens is 1. The van der Waals surface area contributed by atoms with Gasteiger partial charge in [-0.3, -0.25) is 0 Å². The van der Waals surface area contributed by atoms with Crippen LogP contribution in [0, 0.1) is 0 Å². The SMILES string of the molecule is CN(C)Cc1cnc(C(C)(C)CON)s1. The molecule has 2 N–H and O–H groups in total. The van der Waals surface area contributed by atoms with Crippen LogP contribution >= 0.6 is 11.3 Å². The zero-order valence-corrected chi connectivity index (χ0v) is 10.6. The van der Waals surface area contributed by atoms with Gasteiger partial charge in [0.15, 0.2) is 0 Å². The van der Waals surface area contributed by atoms with Crippen LogP contribution in [0.25, 0.3) is 0 Å². The van der Waals surface area contributed by atoms with Crippen molar-refractivity contribution in [1.29, 1.82) is 0 Å². The first-order valence-electron chi connectivity index (χ1n) is 4.87. The van der Waals surface area contributed by atoms with Gasteiger partial charge in [0.05, 0.1) is 6.61 Å². The van der Waals surface area contributed by atoms with Crippen LogP contribution in [0.4, 0.5) is 0 Å². The van der Waals surface area contributed by atoms with E-state index in [0.29, 0.717) is 6.61 Å². The average Bonchev–Trinajstić information content (AvgIpc) is 2.51. The molecule has 0 radical (unpaired) electrons. The smallest absolute Gasteiger partial charge is 0.101 e. The van der Waals surface area contributed by atoms with E-state index in [-0.39, 0.29) is 5.41 Å². The summed E-state index contributed by atoms with van der Waals surface area (Å²) in [7, 11) is 4.10. The van der Waals surface area contributed by atoms with Crippen LogP contribution in [0.1, 0.15) is 23.7 Å². The summed E-state index contributed by atoms with van der Waals surface area (Å²) in [6, 6.07) is 0. The Morgan fingerprint density at radius 3 is 2.73 bits per heavy atom. The van der Waals surface area contributed by atoms with Gasteiger partial charge in [0.2, 0.25) is 0 Å². The van der Waals surface area contributed by atoms with E-state index < -0.39 is 0 Å². The minimum atomic E-state index is -0.107. The number of thiazole rings is 1. The highest BCUT2D eigenvalue weighted by Crippen LogP contribution is 2.27. The van der Waals surface area contributed by atoms with E-state index in [1.807, 2.05) is 20.3 Å². The number of hydrogen-bond acceptors (Lipinski definition) is 5. The molecule has 1 rings (SSSR count). The molecule has 0 bridgehead atoms. The molecule has 0 saturated carbocycles. The van der Waals surface area contributed by atoms with E-state index in [1.165, 1.54) is 4.88 Å². The number of nitrogens with two attached hydrogens (primary N) is 1. The van der Waals surface area contributed by atoms with Gasteiger partial charge < -0.3 is 9.74 Å². The Balaban J connectivity index is 2.74. The molecule has 0 aromatic carbocycles. The Morgan fingerprint density at radius 1 is 1.53 bits per heavy atom. The third-order valence-electron chi connectivity index (χ3n) is 2.05. The Hall–Kier alpha value is -0.490. The Morgan fingerprint density at radius 2 is 2.20 bits per heavy atom. The molecule has 0 amide bonds. The van der Waals surface area contributed by atoms with Gasteiger partial charge in [0.25, 0.3) is 0 Å². The van der Waals surface area contributed by atoms with Crippen molar-refractivity contribution in [3.05, 3.63) is 16.1 Å². The summed E-state index contributed by atoms with van der Waals surface area (Å²) in [5.74, 6) is 5.11. The second-order valence-corrected chi connectivity index (χ2v) is 5.68. The average molecular weight is 229 g/mol. The maximum atomic E-state index is 5.11. The van der Waals surface area contributed by atoms with Crippen molar-refractivity contribution in [2.24, 2.45) is 5.90 Å². The molecule has 0 aliphatic heterocycles. The molecular weight excluding hydrogens is 210 g/mol. The van der Waals surface area contributed by atoms with Crippen LogP contribution < -0.4 is 5.90 Å². The number of nitrogens with zero attached hydrogens (tertiary/aromatic N) is 2. The van der Waals surface area contributed by atoms with Crippen LogP contribution in [0.15, 0.2) is 6.20 Å². The highest BCUT2D eigenvalue weighted by Gasteiger charge is 2.24. The minimum Gasteiger partial charge on any atom is -0.304 e. The molecule has 0 aliphatic carbocycles. The fraction of sp³-hybridized carbons (Fsp3) is 0.700. The molecule has 0 aliphatic rings. The molecule has 86 valence electrons. The third-order valence-corrected chi connectivity index (χ3v) is 3.40. The summed E-state index contributed by atoms with van der Waals surface area (Å²) < 4.78 is 0. The summed E-state index contributed by atoms with van der Waals surface area (Å²) in [5, 5.41) is 1.07. The molecule has 0 unspecified atom stereocenters. The monoisotopic (exact) mass is 229 g/mol. The van der Waals surface area contributed by atoms with Crippen LogP contribution in [-0.4, -0.2) is 30.6 Å². The highest BCUT2D eigenvalue weighted by atomic mass is 32.1. The first-order chi connectivity index (χ1) is 6.95. The summed E-state index contributed by atoms with van der Waals surface area (Å²) in [4.78, 5) is 12.5. The van der Waals surface area contributed by atoms with E-state index in [9.17, 15) is 0 Å².